The molecule has 0 amide bonds. The number of aromatic nitrogens is 1. The van der Waals surface area contributed by atoms with Gasteiger partial charge in [-0.15, -0.1) is 0 Å². The molecule has 3 atom stereocenters. The molecule has 0 spiro atoms. The Hall–Kier alpha value is -0.930. The van der Waals surface area contributed by atoms with Gasteiger partial charge < -0.3 is 9.64 Å². The van der Waals surface area contributed by atoms with Gasteiger partial charge in [0, 0.05) is 25.5 Å². The Bertz CT molecular complexity index is 367. The molecule has 0 N–H and O–H groups in total. The van der Waals surface area contributed by atoms with Crippen molar-refractivity contribution in [3.8, 4) is 0 Å². The first-order valence-electron chi connectivity index (χ1n) is 7.09. The summed E-state index contributed by atoms with van der Waals surface area (Å²) in [5, 5.41) is 0. The van der Waals surface area contributed by atoms with Crippen molar-refractivity contribution in [3.63, 3.8) is 0 Å². The average Bonchev–Trinajstić information content (AvgIpc) is 2.66. The third kappa shape index (κ3) is 2.43. The fourth-order valence-corrected chi connectivity index (χ4v) is 3.47. The highest BCUT2D eigenvalue weighted by Gasteiger charge is 2.42. The van der Waals surface area contributed by atoms with Crippen molar-refractivity contribution in [1.82, 2.24) is 9.88 Å². The zero-order valence-corrected chi connectivity index (χ0v) is 11.1. The minimum atomic E-state index is 0.487. The molecule has 2 fully saturated rings. The van der Waals surface area contributed by atoms with Crippen LogP contribution in [-0.2, 0) is 11.3 Å². The number of hydrogen-bond donors (Lipinski definition) is 0. The first kappa shape index (κ1) is 12.1. The molecule has 1 aliphatic carbocycles. The molecule has 2 bridgehead atoms. The van der Waals surface area contributed by atoms with Crippen LogP contribution in [0, 0.1) is 11.8 Å². The Morgan fingerprint density at radius 2 is 1.89 bits per heavy atom. The average molecular weight is 246 g/mol. The Labute approximate surface area is 109 Å². The highest BCUT2D eigenvalue weighted by atomic mass is 16.5. The number of hydrogen-bond acceptors (Lipinski definition) is 3. The van der Waals surface area contributed by atoms with E-state index in [9.17, 15) is 0 Å². The Balaban J connectivity index is 1.58. The van der Waals surface area contributed by atoms with Crippen LogP contribution in [0.2, 0.25) is 0 Å². The van der Waals surface area contributed by atoms with Crippen molar-refractivity contribution in [3.05, 3.63) is 30.1 Å². The lowest BCUT2D eigenvalue weighted by Crippen LogP contribution is -2.45. The molecule has 3 nitrogen and oxygen atoms in total. The number of pyridine rings is 1. The molecule has 1 saturated carbocycles. The summed E-state index contributed by atoms with van der Waals surface area (Å²) >= 11 is 0. The van der Waals surface area contributed by atoms with E-state index in [1.54, 1.807) is 0 Å². The SMILES string of the molecule is CCN1C[C@H]2CC[C@@H](C1)C2OCc1ccncc1. The van der Waals surface area contributed by atoms with E-state index in [2.05, 4.69) is 16.8 Å². The standard InChI is InChI=1S/C15H22N2O/c1-2-17-9-13-3-4-14(10-17)15(13)18-11-12-5-7-16-8-6-12/h5-8,13-15H,2-4,9-11H2,1H3/t13-,14+,15?. The second-order valence-corrected chi connectivity index (χ2v) is 5.58. The summed E-state index contributed by atoms with van der Waals surface area (Å²) in [6.45, 7) is 6.65. The maximum atomic E-state index is 6.19. The van der Waals surface area contributed by atoms with Crippen LogP contribution in [0.15, 0.2) is 24.5 Å². The van der Waals surface area contributed by atoms with Gasteiger partial charge in [0.1, 0.15) is 0 Å². The topological polar surface area (TPSA) is 25.4 Å². The number of fused-ring (bicyclic) bond motifs is 2. The third-order valence-electron chi connectivity index (χ3n) is 4.46. The van der Waals surface area contributed by atoms with Gasteiger partial charge in [0.25, 0.3) is 0 Å². The highest BCUT2D eigenvalue weighted by molar-refractivity contribution is 5.08. The summed E-state index contributed by atoms with van der Waals surface area (Å²) in [4.78, 5) is 6.62. The van der Waals surface area contributed by atoms with Gasteiger partial charge in [-0.05, 0) is 48.9 Å². The third-order valence-corrected chi connectivity index (χ3v) is 4.46. The van der Waals surface area contributed by atoms with Crippen LogP contribution < -0.4 is 0 Å². The summed E-state index contributed by atoms with van der Waals surface area (Å²) in [5.74, 6) is 1.51. The van der Waals surface area contributed by atoms with Crippen molar-refractivity contribution < 1.29 is 4.74 Å². The van der Waals surface area contributed by atoms with E-state index in [1.807, 2.05) is 24.5 Å². The molecule has 1 unspecified atom stereocenters. The molecule has 1 aliphatic heterocycles. The lowest BCUT2D eigenvalue weighted by atomic mass is 9.95. The zero-order chi connectivity index (χ0) is 12.4. The summed E-state index contributed by atoms with van der Waals surface area (Å²) in [7, 11) is 0. The summed E-state index contributed by atoms with van der Waals surface area (Å²) < 4.78 is 6.19. The minimum absolute atomic E-state index is 0.487. The van der Waals surface area contributed by atoms with E-state index >= 15 is 0 Å². The number of nitrogens with zero attached hydrogens (tertiary/aromatic N) is 2. The molecular weight excluding hydrogens is 224 g/mol. The van der Waals surface area contributed by atoms with Gasteiger partial charge in [-0.25, -0.2) is 0 Å². The molecule has 1 aromatic rings. The molecule has 1 aromatic heterocycles. The second-order valence-electron chi connectivity index (χ2n) is 5.58. The summed E-state index contributed by atoms with van der Waals surface area (Å²) in [6.07, 6.45) is 6.87. The molecule has 1 saturated heterocycles. The fourth-order valence-electron chi connectivity index (χ4n) is 3.47. The molecule has 0 aromatic carbocycles. The number of ether oxygens (including phenoxy) is 1. The van der Waals surface area contributed by atoms with E-state index in [4.69, 9.17) is 4.74 Å². The summed E-state index contributed by atoms with van der Waals surface area (Å²) in [6, 6.07) is 4.09. The number of likely N-dealkylation sites (tertiary alicyclic amines) is 1. The van der Waals surface area contributed by atoms with E-state index < -0.39 is 0 Å². The minimum Gasteiger partial charge on any atom is -0.373 e. The van der Waals surface area contributed by atoms with Crippen LogP contribution in [0.3, 0.4) is 0 Å². The van der Waals surface area contributed by atoms with Gasteiger partial charge >= 0.3 is 0 Å². The molecule has 98 valence electrons. The number of rotatable bonds is 4. The Morgan fingerprint density at radius 1 is 1.22 bits per heavy atom. The van der Waals surface area contributed by atoms with Crippen molar-refractivity contribution >= 4 is 0 Å². The van der Waals surface area contributed by atoms with Crippen LogP contribution in [0.1, 0.15) is 25.3 Å². The fraction of sp³-hybridized carbons (Fsp3) is 0.667. The molecule has 3 heteroatoms. The highest BCUT2D eigenvalue weighted by Crippen LogP contribution is 2.39. The van der Waals surface area contributed by atoms with E-state index in [0.29, 0.717) is 6.10 Å². The normalized spacial score (nSPS) is 31.7. The van der Waals surface area contributed by atoms with Crippen molar-refractivity contribution in [2.24, 2.45) is 11.8 Å². The van der Waals surface area contributed by atoms with Crippen LogP contribution in [-0.4, -0.2) is 35.6 Å². The smallest absolute Gasteiger partial charge is 0.0722 e. The first-order valence-corrected chi connectivity index (χ1v) is 7.09. The van der Waals surface area contributed by atoms with Gasteiger partial charge in [0.15, 0.2) is 0 Å². The largest absolute Gasteiger partial charge is 0.373 e. The van der Waals surface area contributed by atoms with Crippen LogP contribution in [0.25, 0.3) is 0 Å². The molecule has 2 heterocycles. The second kappa shape index (κ2) is 5.37. The van der Waals surface area contributed by atoms with E-state index in [-0.39, 0.29) is 0 Å². The van der Waals surface area contributed by atoms with Crippen LogP contribution in [0.5, 0.6) is 0 Å². The van der Waals surface area contributed by atoms with Crippen LogP contribution in [0.4, 0.5) is 0 Å². The van der Waals surface area contributed by atoms with Gasteiger partial charge in [0.2, 0.25) is 0 Å². The molecule has 0 radical (unpaired) electrons. The summed E-state index contributed by atoms with van der Waals surface area (Å²) in [5.41, 5.74) is 1.24. The van der Waals surface area contributed by atoms with Gasteiger partial charge in [-0.1, -0.05) is 6.92 Å². The molecule has 3 rings (SSSR count). The van der Waals surface area contributed by atoms with Crippen molar-refractivity contribution in [2.45, 2.75) is 32.5 Å². The van der Waals surface area contributed by atoms with E-state index in [1.165, 1.54) is 38.0 Å². The lowest BCUT2D eigenvalue weighted by molar-refractivity contribution is -0.0498. The van der Waals surface area contributed by atoms with Crippen molar-refractivity contribution in [1.29, 1.82) is 0 Å². The van der Waals surface area contributed by atoms with Gasteiger partial charge in [0.05, 0.1) is 12.7 Å². The lowest BCUT2D eigenvalue weighted by Gasteiger charge is -2.37. The maximum absolute atomic E-state index is 6.19. The number of piperidine rings is 1. The van der Waals surface area contributed by atoms with Gasteiger partial charge in [-0.2, -0.15) is 0 Å². The maximum Gasteiger partial charge on any atom is 0.0722 e. The monoisotopic (exact) mass is 246 g/mol. The first-order chi connectivity index (χ1) is 8.86. The van der Waals surface area contributed by atoms with Crippen molar-refractivity contribution in [2.75, 3.05) is 19.6 Å². The quantitative estimate of drug-likeness (QED) is 0.815. The predicted octanol–water partition coefficient (Wildman–Crippen LogP) is 2.33. The Morgan fingerprint density at radius 3 is 2.50 bits per heavy atom. The molecular formula is C15H22N2O. The molecule has 2 aliphatic rings. The van der Waals surface area contributed by atoms with Gasteiger partial charge in [-0.3, -0.25) is 4.98 Å². The zero-order valence-electron chi connectivity index (χ0n) is 11.1. The Kier molecular flexibility index (Phi) is 3.62. The predicted molar refractivity (Wildman–Crippen MR) is 71.1 cm³/mol. The van der Waals surface area contributed by atoms with E-state index in [0.717, 1.165) is 18.4 Å². The van der Waals surface area contributed by atoms with Crippen LogP contribution >= 0.6 is 0 Å². The molecule has 18 heavy (non-hydrogen) atoms.